The average molecular weight is 229 g/mol. The van der Waals surface area contributed by atoms with Gasteiger partial charge in [0.1, 0.15) is 5.82 Å². The summed E-state index contributed by atoms with van der Waals surface area (Å²) in [5.41, 5.74) is -0.492. The monoisotopic (exact) mass is 228 g/mol. The van der Waals surface area contributed by atoms with E-state index < -0.39 is 5.60 Å². The van der Waals surface area contributed by atoms with Gasteiger partial charge in [-0.25, -0.2) is 9.97 Å². The molecule has 1 aromatic rings. The first-order valence-corrected chi connectivity index (χ1v) is 4.66. The second-order valence-electron chi connectivity index (χ2n) is 3.22. The molecule has 0 bridgehead atoms. The number of nitrogens with zero attached hydrogens (tertiary/aromatic N) is 2. The lowest BCUT2D eigenvalue weighted by molar-refractivity contribution is 0.148. The number of aliphatic hydroxyl groups is 1. The van der Waals surface area contributed by atoms with Crippen LogP contribution in [0, 0.1) is 0 Å². The van der Waals surface area contributed by atoms with Crippen molar-refractivity contribution in [3.05, 3.63) is 22.7 Å². The Morgan fingerprint density at radius 1 is 1.42 bits per heavy atom. The van der Waals surface area contributed by atoms with Crippen molar-refractivity contribution in [2.45, 2.75) is 24.9 Å². The van der Waals surface area contributed by atoms with E-state index in [4.69, 9.17) is 0 Å². The zero-order valence-corrected chi connectivity index (χ0v) is 8.08. The fourth-order valence-corrected chi connectivity index (χ4v) is 1.25. The lowest BCUT2D eigenvalue weighted by Crippen LogP contribution is -2.12. The van der Waals surface area contributed by atoms with Gasteiger partial charge in [-0.1, -0.05) is 0 Å². The second kappa shape index (κ2) is 2.78. The van der Waals surface area contributed by atoms with Crippen LogP contribution in [-0.2, 0) is 6.42 Å². The van der Waals surface area contributed by atoms with Crippen LogP contribution in [0.1, 0.15) is 18.7 Å². The summed E-state index contributed by atoms with van der Waals surface area (Å²) >= 11 is 3.25. The predicted molar refractivity (Wildman–Crippen MR) is 47.6 cm³/mol. The molecule has 1 N–H and O–H groups in total. The van der Waals surface area contributed by atoms with E-state index in [-0.39, 0.29) is 0 Å². The number of rotatable bonds is 2. The first kappa shape index (κ1) is 8.13. The molecule has 1 aromatic heterocycles. The van der Waals surface area contributed by atoms with E-state index in [1.807, 2.05) is 0 Å². The molecule has 1 aliphatic carbocycles. The Kier molecular flexibility index (Phi) is 1.88. The lowest BCUT2D eigenvalue weighted by atomic mass is 10.2. The fraction of sp³-hybridized carbons (Fsp3) is 0.500. The molecule has 0 spiro atoms. The normalized spacial score (nSPS) is 19.2. The van der Waals surface area contributed by atoms with Gasteiger partial charge in [0.2, 0.25) is 0 Å². The van der Waals surface area contributed by atoms with Crippen LogP contribution in [0.2, 0.25) is 0 Å². The van der Waals surface area contributed by atoms with Crippen LogP contribution in [0.5, 0.6) is 0 Å². The Balaban J connectivity index is 2.08. The van der Waals surface area contributed by atoms with E-state index in [2.05, 4.69) is 25.9 Å². The molecular weight excluding hydrogens is 220 g/mol. The third-order valence-electron chi connectivity index (χ3n) is 1.99. The number of aromatic nitrogens is 2. The van der Waals surface area contributed by atoms with E-state index in [1.165, 1.54) is 0 Å². The van der Waals surface area contributed by atoms with E-state index in [0.29, 0.717) is 6.42 Å². The molecule has 3 nitrogen and oxygen atoms in total. The molecule has 0 aliphatic heterocycles. The zero-order valence-electron chi connectivity index (χ0n) is 6.50. The van der Waals surface area contributed by atoms with Crippen LogP contribution < -0.4 is 0 Å². The summed E-state index contributed by atoms with van der Waals surface area (Å²) in [6.07, 6.45) is 5.75. The Morgan fingerprint density at radius 2 is 2.00 bits per heavy atom. The van der Waals surface area contributed by atoms with Crippen molar-refractivity contribution in [3.63, 3.8) is 0 Å². The van der Waals surface area contributed by atoms with Gasteiger partial charge in [0, 0.05) is 18.8 Å². The number of hydrogen-bond acceptors (Lipinski definition) is 3. The van der Waals surface area contributed by atoms with Crippen molar-refractivity contribution in [2.24, 2.45) is 0 Å². The first-order chi connectivity index (χ1) is 5.68. The van der Waals surface area contributed by atoms with Crippen molar-refractivity contribution in [1.82, 2.24) is 9.97 Å². The summed E-state index contributed by atoms with van der Waals surface area (Å²) in [6.45, 7) is 0. The highest BCUT2D eigenvalue weighted by Crippen LogP contribution is 2.37. The van der Waals surface area contributed by atoms with Gasteiger partial charge in [0.05, 0.1) is 10.1 Å². The summed E-state index contributed by atoms with van der Waals surface area (Å²) in [4.78, 5) is 8.17. The summed E-state index contributed by atoms with van der Waals surface area (Å²) < 4.78 is 0.869. The van der Waals surface area contributed by atoms with Crippen LogP contribution in [0.4, 0.5) is 0 Å². The molecule has 1 aliphatic rings. The maximum Gasteiger partial charge on any atom is 0.131 e. The van der Waals surface area contributed by atoms with Gasteiger partial charge in [0.25, 0.3) is 0 Å². The topological polar surface area (TPSA) is 46.0 Å². The minimum absolute atomic E-state index is 0.492. The molecule has 0 saturated heterocycles. The van der Waals surface area contributed by atoms with Crippen molar-refractivity contribution in [1.29, 1.82) is 0 Å². The van der Waals surface area contributed by atoms with E-state index in [0.717, 1.165) is 23.1 Å². The molecule has 4 heteroatoms. The minimum Gasteiger partial charge on any atom is -0.389 e. The maximum absolute atomic E-state index is 9.56. The fourth-order valence-electron chi connectivity index (χ4n) is 1.05. The smallest absolute Gasteiger partial charge is 0.131 e. The molecular formula is C8H9BrN2O. The summed E-state index contributed by atoms with van der Waals surface area (Å²) in [6, 6.07) is 0. The van der Waals surface area contributed by atoms with Gasteiger partial charge in [-0.05, 0) is 28.8 Å². The zero-order chi connectivity index (χ0) is 8.60. The van der Waals surface area contributed by atoms with E-state index in [1.54, 1.807) is 12.4 Å². The Labute approximate surface area is 79.0 Å². The highest BCUT2D eigenvalue weighted by Gasteiger charge is 2.40. The van der Waals surface area contributed by atoms with E-state index in [9.17, 15) is 5.11 Å². The van der Waals surface area contributed by atoms with Gasteiger partial charge in [0.15, 0.2) is 0 Å². The van der Waals surface area contributed by atoms with Gasteiger partial charge in [-0.3, -0.25) is 0 Å². The van der Waals surface area contributed by atoms with Gasteiger partial charge < -0.3 is 5.11 Å². The molecule has 12 heavy (non-hydrogen) atoms. The highest BCUT2D eigenvalue weighted by molar-refractivity contribution is 9.10. The molecule has 64 valence electrons. The Bertz CT molecular complexity index is 282. The largest absolute Gasteiger partial charge is 0.389 e. The molecule has 0 unspecified atom stereocenters. The molecule has 0 amide bonds. The Hall–Kier alpha value is -0.480. The first-order valence-electron chi connectivity index (χ1n) is 3.87. The number of halogens is 1. The van der Waals surface area contributed by atoms with Gasteiger partial charge in [-0.15, -0.1) is 0 Å². The molecule has 0 radical (unpaired) electrons. The highest BCUT2D eigenvalue weighted by atomic mass is 79.9. The third kappa shape index (κ3) is 1.81. The molecule has 2 rings (SSSR count). The van der Waals surface area contributed by atoms with Crippen LogP contribution in [0.25, 0.3) is 0 Å². The summed E-state index contributed by atoms with van der Waals surface area (Å²) in [5, 5.41) is 9.56. The molecule has 0 atom stereocenters. The quantitative estimate of drug-likeness (QED) is 0.831. The predicted octanol–water partition coefficient (Wildman–Crippen LogP) is 1.31. The number of hydrogen-bond donors (Lipinski definition) is 1. The van der Waals surface area contributed by atoms with Gasteiger partial charge in [-0.2, -0.15) is 0 Å². The van der Waals surface area contributed by atoms with Crippen molar-refractivity contribution in [3.8, 4) is 0 Å². The van der Waals surface area contributed by atoms with Gasteiger partial charge >= 0.3 is 0 Å². The standard InChI is InChI=1S/C8H9BrN2O/c9-6-4-10-7(11-5-6)3-8(12)1-2-8/h4-5,12H,1-3H2. The third-order valence-corrected chi connectivity index (χ3v) is 2.40. The lowest BCUT2D eigenvalue weighted by Gasteiger charge is -2.04. The van der Waals surface area contributed by atoms with Crippen LogP contribution in [-0.4, -0.2) is 20.7 Å². The van der Waals surface area contributed by atoms with Crippen LogP contribution in [0.15, 0.2) is 16.9 Å². The minimum atomic E-state index is -0.492. The van der Waals surface area contributed by atoms with E-state index >= 15 is 0 Å². The summed E-state index contributed by atoms with van der Waals surface area (Å²) in [7, 11) is 0. The Morgan fingerprint density at radius 3 is 2.50 bits per heavy atom. The van der Waals surface area contributed by atoms with Crippen molar-refractivity contribution >= 4 is 15.9 Å². The second-order valence-corrected chi connectivity index (χ2v) is 4.13. The molecule has 1 fully saturated rings. The molecule has 1 saturated carbocycles. The molecule has 1 heterocycles. The van der Waals surface area contributed by atoms with Crippen LogP contribution >= 0.6 is 15.9 Å². The van der Waals surface area contributed by atoms with Crippen molar-refractivity contribution in [2.75, 3.05) is 0 Å². The summed E-state index contributed by atoms with van der Waals surface area (Å²) in [5.74, 6) is 0.721. The molecule has 0 aromatic carbocycles. The van der Waals surface area contributed by atoms with Crippen LogP contribution in [0.3, 0.4) is 0 Å². The average Bonchev–Trinajstić information content (AvgIpc) is 2.74. The maximum atomic E-state index is 9.56. The van der Waals surface area contributed by atoms with Crippen molar-refractivity contribution < 1.29 is 5.11 Å². The SMILES string of the molecule is OC1(Cc2ncc(Br)cn2)CC1.